The topological polar surface area (TPSA) is 83.8 Å². The van der Waals surface area contributed by atoms with Gasteiger partial charge in [0.15, 0.2) is 0 Å². The Bertz CT molecular complexity index is 584. The van der Waals surface area contributed by atoms with Crippen molar-refractivity contribution in [1.29, 1.82) is 0 Å². The number of non-ortho nitro benzene ring substituents is 1. The molecule has 19 heavy (non-hydrogen) atoms. The monoisotopic (exact) mass is 280 g/mol. The van der Waals surface area contributed by atoms with Crippen molar-refractivity contribution in [3.8, 4) is 0 Å². The molecule has 0 saturated carbocycles. The van der Waals surface area contributed by atoms with E-state index in [1.54, 1.807) is 6.07 Å². The minimum Gasteiger partial charge on any atom is -0.356 e. The highest BCUT2D eigenvalue weighted by Gasteiger charge is 2.10. The molecule has 2 rings (SSSR count). The maximum Gasteiger partial charge on any atom is 0.271 e. The van der Waals surface area contributed by atoms with Crippen molar-refractivity contribution in [2.24, 2.45) is 5.92 Å². The molecule has 0 spiro atoms. The number of nitrogens with zero attached hydrogens (tertiary/aromatic N) is 2. The quantitative estimate of drug-likeness (QED) is 0.628. The summed E-state index contributed by atoms with van der Waals surface area (Å²) in [5.41, 5.74) is 1.47. The van der Waals surface area contributed by atoms with E-state index in [1.165, 1.54) is 12.1 Å². The molecule has 2 aromatic rings. The highest BCUT2D eigenvalue weighted by Crippen LogP contribution is 2.20. The van der Waals surface area contributed by atoms with Crippen LogP contribution in [-0.4, -0.2) is 33.4 Å². The Labute approximate surface area is 115 Å². The number of rotatable bonds is 6. The first-order valence-corrected chi connectivity index (χ1v) is 7.36. The summed E-state index contributed by atoms with van der Waals surface area (Å²) in [6, 6.07) is 4.61. The average Bonchev–Trinajstić information content (AvgIpc) is 2.78. The van der Waals surface area contributed by atoms with Gasteiger partial charge in [-0.3, -0.25) is 10.1 Å². The molecule has 1 aromatic heterocycles. The molecule has 6 nitrogen and oxygen atoms in total. The van der Waals surface area contributed by atoms with E-state index in [4.69, 9.17) is 0 Å². The predicted octanol–water partition coefficient (Wildman–Crippen LogP) is 2.88. The van der Waals surface area contributed by atoms with Crippen molar-refractivity contribution in [3.63, 3.8) is 0 Å². The smallest absolute Gasteiger partial charge is 0.271 e. The molecule has 102 valence electrons. The fraction of sp³-hybridized carbons (Fsp3) is 0.417. The molecule has 2 N–H and O–H groups in total. The summed E-state index contributed by atoms with van der Waals surface area (Å²) in [4.78, 5) is 17.7. The number of hydrogen-bond donors (Lipinski definition) is 2. The average molecular weight is 280 g/mol. The first-order valence-electron chi connectivity index (χ1n) is 5.97. The molecule has 1 heterocycles. The van der Waals surface area contributed by atoms with E-state index in [-0.39, 0.29) is 5.69 Å². The van der Waals surface area contributed by atoms with Gasteiger partial charge >= 0.3 is 0 Å². The first kappa shape index (κ1) is 13.7. The molecule has 0 fully saturated rings. The summed E-state index contributed by atoms with van der Waals surface area (Å²) < 4.78 is 0. The number of anilines is 1. The van der Waals surface area contributed by atoms with Crippen LogP contribution in [0.2, 0.25) is 0 Å². The molecule has 0 amide bonds. The van der Waals surface area contributed by atoms with Crippen molar-refractivity contribution < 1.29 is 4.92 Å². The first-order chi connectivity index (χ1) is 9.10. The third kappa shape index (κ3) is 3.37. The maximum absolute atomic E-state index is 10.7. The number of nitrogens with one attached hydrogen (secondary N) is 2. The Morgan fingerprint density at radius 3 is 3.05 bits per heavy atom. The summed E-state index contributed by atoms with van der Waals surface area (Å²) in [5, 5.41) is 13.9. The van der Waals surface area contributed by atoms with Gasteiger partial charge in [-0.05, 0) is 24.0 Å². The molecular formula is C12H16N4O2S. The molecule has 0 radical (unpaired) electrons. The van der Waals surface area contributed by atoms with E-state index in [0.29, 0.717) is 17.4 Å². The molecule has 0 aliphatic heterocycles. The van der Waals surface area contributed by atoms with E-state index in [2.05, 4.69) is 28.5 Å². The lowest BCUT2D eigenvalue weighted by Crippen LogP contribution is -2.13. The van der Waals surface area contributed by atoms with Gasteiger partial charge in [-0.25, -0.2) is 4.98 Å². The Hall–Kier alpha value is -1.76. The van der Waals surface area contributed by atoms with Gasteiger partial charge in [0.05, 0.1) is 16.0 Å². The number of benzene rings is 1. The molecular weight excluding hydrogens is 264 g/mol. The Kier molecular flexibility index (Phi) is 4.26. The number of imidazole rings is 1. The summed E-state index contributed by atoms with van der Waals surface area (Å²) in [6.07, 6.45) is 2.08. The fourth-order valence-corrected chi connectivity index (χ4v) is 2.50. The van der Waals surface area contributed by atoms with Crippen molar-refractivity contribution in [1.82, 2.24) is 9.97 Å². The normalized spacial score (nSPS) is 12.5. The zero-order valence-electron chi connectivity index (χ0n) is 10.8. The number of nitro groups is 1. The van der Waals surface area contributed by atoms with Crippen LogP contribution in [0.15, 0.2) is 18.2 Å². The summed E-state index contributed by atoms with van der Waals surface area (Å²) in [5.74, 6) is 2.28. The summed E-state index contributed by atoms with van der Waals surface area (Å²) >= 11 is 1.81. The van der Waals surface area contributed by atoms with E-state index in [1.807, 2.05) is 11.8 Å². The second-order valence-corrected chi connectivity index (χ2v) is 5.40. The third-order valence-electron chi connectivity index (χ3n) is 2.75. The standard InChI is InChI=1S/C12H16N4O2S/c1-8(7-19-2)6-13-12-14-10-4-3-9(16(17)18)5-11(10)15-12/h3-5,8H,6-7H2,1-2H3,(H2,13,14,15). The number of nitro benzene ring substituents is 1. The zero-order chi connectivity index (χ0) is 13.8. The van der Waals surface area contributed by atoms with Gasteiger partial charge < -0.3 is 10.3 Å². The predicted molar refractivity (Wildman–Crippen MR) is 78.8 cm³/mol. The SMILES string of the molecule is CSCC(C)CNc1nc2ccc([N+](=O)[O-])cc2[nH]1. The number of fused-ring (bicyclic) bond motifs is 1. The van der Waals surface area contributed by atoms with E-state index in [9.17, 15) is 10.1 Å². The van der Waals surface area contributed by atoms with Crippen LogP contribution in [0.5, 0.6) is 0 Å². The number of thioether (sulfide) groups is 1. The number of aromatic amines is 1. The van der Waals surface area contributed by atoms with Crippen LogP contribution in [0.1, 0.15) is 6.92 Å². The van der Waals surface area contributed by atoms with Gasteiger partial charge in [0, 0.05) is 18.7 Å². The van der Waals surface area contributed by atoms with Crippen LogP contribution in [0.3, 0.4) is 0 Å². The van der Waals surface area contributed by atoms with Gasteiger partial charge in [-0.2, -0.15) is 11.8 Å². The zero-order valence-corrected chi connectivity index (χ0v) is 11.7. The van der Waals surface area contributed by atoms with Crippen molar-refractivity contribution in [3.05, 3.63) is 28.3 Å². The minimum atomic E-state index is -0.409. The lowest BCUT2D eigenvalue weighted by molar-refractivity contribution is -0.384. The lowest BCUT2D eigenvalue weighted by Gasteiger charge is -2.09. The number of hydrogen-bond acceptors (Lipinski definition) is 5. The Morgan fingerprint density at radius 2 is 2.37 bits per heavy atom. The number of aromatic nitrogens is 2. The van der Waals surface area contributed by atoms with Crippen molar-refractivity contribution in [2.75, 3.05) is 23.9 Å². The van der Waals surface area contributed by atoms with Gasteiger partial charge in [0.25, 0.3) is 5.69 Å². The highest BCUT2D eigenvalue weighted by atomic mass is 32.2. The second-order valence-electron chi connectivity index (χ2n) is 4.49. The molecule has 7 heteroatoms. The van der Waals surface area contributed by atoms with Gasteiger partial charge in [-0.15, -0.1) is 0 Å². The highest BCUT2D eigenvalue weighted by molar-refractivity contribution is 7.98. The molecule has 0 saturated heterocycles. The Morgan fingerprint density at radius 1 is 1.58 bits per heavy atom. The molecule has 1 unspecified atom stereocenters. The summed E-state index contributed by atoms with van der Waals surface area (Å²) in [7, 11) is 0. The molecule has 1 aromatic carbocycles. The molecule has 1 atom stereocenters. The van der Waals surface area contributed by atoms with E-state index < -0.39 is 4.92 Å². The fourth-order valence-electron chi connectivity index (χ4n) is 1.81. The van der Waals surface area contributed by atoms with Gasteiger partial charge in [0.1, 0.15) is 0 Å². The molecule has 0 aliphatic rings. The van der Waals surface area contributed by atoms with Gasteiger partial charge in [-0.1, -0.05) is 6.92 Å². The third-order valence-corrected chi connectivity index (χ3v) is 3.65. The van der Waals surface area contributed by atoms with Gasteiger partial charge in [0.2, 0.25) is 5.95 Å². The van der Waals surface area contributed by atoms with Crippen LogP contribution in [-0.2, 0) is 0 Å². The van der Waals surface area contributed by atoms with Crippen LogP contribution in [0.25, 0.3) is 11.0 Å². The van der Waals surface area contributed by atoms with Crippen molar-refractivity contribution in [2.45, 2.75) is 6.92 Å². The van der Waals surface area contributed by atoms with Crippen LogP contribution >= 0.6 is 11.8 Å². The molecule has 0 bridgehead atoms. The maximum atomic E-state index is 10.7. The van der Waals surface area contributed by atoms with Crippen LogP contribution in [0, 0.1) is 16.0 Å². The van der Waals surface area contributed by atoms with E-state index >= 15 is 0 Å². The molecule has 0 aliphatic carbocycles. The Balaban J connectivity index is 2.11. The van der Waals surface area contributed by atoms with Crippen molar-refractivity contribution >= 4 is 34.4 Å². The lowest BCUT2D eigenvalue weighted by atomic mass is 10.2. The number of H-pyrrole nitrogens is 1. The van der Waals surface area contributed by atoms with Crippen LogP contribution < -0.4 is 5.32 Å². The van der Waals surface area contributed by atoms with Crippen LogP contribution in [0.4, 0.5) is 11.6 Å². The minimum absolute atomic E-state index is 0.0680. The largest absolute Gasteiger partial charge is 0.356 e. The van der Waals surface area contributed by atoms with E-state index in [0.717, 1.165) is 17.8 Å². The second kappa shape index (κ2) is 5.92. The summed E-state index contributed by atoms with van der Waals surface area (Å²) in [6.45, 7) is 2.99.